The predicted octanol–water partition coefficient (Wildman–Crippen LogP) is 6.52. The standard InChI is InChI=1S/C39H44FN7OSSi/c1-5-33-38(42-24-37-44-34(27-49-37)28-16-18-29(40)19-17-28)47-35(43-33)20-21-36(45-47)46-23-22-41-30(25-46)26-48-50(39(2,3)4,31-12-8-6-9-13-31)32-14-10-7-11-15-32/h6-21,27,30,41-42H,5,22-26H2,1-4H3/t30-/m0/s1. The summed E-state index contributed by atoms with van der Waals surface area (Å²) in [5, 5.41) is 17.9. The van der Waals surface area contributed by atoms with Crippen molar-refractivity contribution in [2.24, 2.45) is 0 Å². The number of thiazole rings is 1. The van der Waals surface area contributed by atoms with Crippen molar-refractivity contribution in [3.8, 4) is 11.3 Å². The Bertz CT molecular complexity index is 1990. The molecule has 6 aromatic rings. The summed E-state index contributed by atoms with van der Waals surface area (Å²) >= 11 is 1.58. The highest BCUT2D eigenvalue weighted by atomic mass is 32.1. The average molecular weight is 706 g/mol. The molecule has 0 radical (unpaired) electrons. The number of imidazole rings is 1. The zero-order valence-corrected chi connectivity index (χ0v) is 30.9. The van der Waals surface area contributed by atoms with Crippen LogP contribution in [0.4, 0.5) is 16.0 Å². The monoisotopic (exact) mass is 705 g/mol. The molecule has 2 N–H and O–H groups in total. The summed E-state index contributed by atoms with van der Waals surface area (Å²) in [7, 11) is -2.65. The number of benzene rings is 3. The summed E-state index contributed by atoms with van der Waals surface area (Å²) in [6.07, 6.45) is 0.773. The van der Waals surface area contributed by atoms with E-state index in [1.54, 1.807) is 23.5 Å². The third-order valence-electron chi connectivity index (χ3n) is 9.47. The van der Waals surface area contributed by atoms with Gasteiger partial charge in [0.1, 0.15) is 16.6 Å². The van der Waals surface area contributed by atoms with E-state index in [0.29, 0.717) is 13.2 Å². The molecule has 0 saturated carbocycles. The van der Waals surface area contributed by atoms with Crippen LogP contribution in [0.3, 0.4) is 0 Å². The highest BCUT2D eigenvalue weighted by Crippen LogP contribution is 2.37. The van der Waals surface area contributed by atoms with Crippen LogP contribution in [0.15, 0.2) is 102 Å². The summed E-state index contributed by atoms with van der Waals surface area (Å²) < 4.78 is 22.7. The molecule has 1 aliphatic heterocycles. The van der Waals surface area contributed by atoms with E-state index in [1.165, 1.54) is 22.5 Å². The first-order valence-corrected chi connectivity index (χ1v) is 20.1. The number of hydrogen-bond acceptors (Lipinski definition) is 8. The van der Waals surface area contributed by atoms with E-state index in [1.807, 2.05) is 9.90 Å². The minimum absolute atomic E-state index is 0.0837. The SMILES string of the molecule is CCc1nc2ccc(N3CCN[C@H](CO[Si](c4ccccc4)(c4ccccc4)C(C)(C)C)C3)nn2c1NCc1nc(-c2ccc(F)cc2)cs1. The smallest absolute Gasteiger partial charge is 0.261 e. The maximum absolute atomic E-state index is 13.4. The van der Waals surface area contributed by atoms with E-state index in [4.69, 9.17) is 19.5 Å². The molecule has 0 amide bonds. The molecule has 258 valence electrons. The molecule has 1 aliphatic rings. The van der Waals surface area contributed by atoms with Gasteiger partial charge >= 0.3 is 0 Å². The lowest BCUT2D eigenvalue weighted by Crippen LogP contribution is -2.68. The summed E-state index contributed by atoms with van der Waals surface area (Å²) in [6.45, 7) is 12.7. The fraction of sp³-hybridized carbons (Fsp3) is 0.308. The lowest BCUT2D eigenvalue weighted by atomic mass is 10.2. The molecule has 0 bridgehead atoms. The van der Waals surface area contributed by atoms with Gasteiger partial charge in [0.25, 0.3) is 8.32 Å². The molecule has 3 aromatic heterocycles. The number of nitrogens with zero attached hydrogens (tertiary/aromatic N) is 5. The minimum Gasteiger partial charge on any atom is -0.406 e. The van der Waals surface area contributed by atoms with E-state index < -0.39 is 8.32 Å². The Balaban J connectivity index is 1.10. The van der Waals surface area contributed by atoms with E-state index >= 15 is 0 Å². The second kappa shape index (κ2) is 14.4. The Kier molecular flexibility index (Phi) is 9.83. The van der Waals surface area contributed by atoms with E-state index in [9.17, 15) is 4.39 Å². The largest absolute Gasteiger partial charge is 0.406 e. The fourth-order valence-electron chi connectivity index (χ4n) is 7.00. The van der Waals surface area contributed by atoms with Crippen molar-refractivity contribution < 1.29 is 8.82 Å². The van der Waals surface area contributed by atoms with Crippen LogP contribution in [0, 0.1) is 5.82 Å². The van der Waals surface area contributed by atoms with Gasteiger partial charge in [-0.1, -0.05) is 88.4 Å². The van der Waals surface area contributed by atoms with E-state index in [-0.39, 0.29) is 16.9 Å². The number of hydrogen-bond donors (Lipinski definition) is 2. The van der Waals surface area contributed by atoms with Crippen LogP contribution < -0.4 is 25.9 Å². The summed E-state index contributed by atoms with van der Waals surface area (Å²) in [4.78, 5) is 12.0. The Morgan fingerprint density at radius 1 is 0.940 bits per heavy atom. The molecule has 50 heavy (non-hydrogen) atoms. The topological polar surface area (TPSA) is 79.6 Å². The van der Waals surface area contributed by atoms with Crippen LogP contribution in [0.5, 0.6) is 0 Å². The molecule has 11 heteroatoms. The first kappa shape index (κ1) is 34.0. The number of anilines is 2. The quantitative estimate of drug-likeness (QED) is 0.149. The third-order valence-corrected chi connectivity index (χ3v) is 15.3. The van der Waals surface area contributed by atoms with Gasteiger partial charge in [-0.15, -0.1) is 16.4 Å². The van der Waals surface area contributed by atoms with Crippen molar-refractivity contribution in [2.75, 3.05) is 36.5 Å². The van der Waals surface area contributed by atoms with Gasteiger partial charge in [-0.25, -0.2) is 14.4 Å². The molecular weight excluding hydrogens is 662 g/mol. The highest BCUT2D eigenvalue weighted by Gasteiger charge is 2.50. The van der Waals surface area contributed by atoms with Crippen molar-refractivity contribution in [2.45, 2.75) is 51.7 Å². The fourth-order valence-corrected chi connectivity index (χ4v) is 12.3. The van der Waals surface area contributed by atoms with Crippen LogP contribution in [0.25, 0.3) is 16.9 Å². The number of aryl methyl sites for hydroxylation is 1. The zero-order valence-electron chi connectivity index (χ0n) is 29.1. The molecule has 3 aromatic carbocycles. The van der Waals surface area contributed by atoms with Gasteiger partial charge < -0.3 is 20.0 Å². The third kappa shape index (κ3) is 6.83. The van der Waals surface area contributed by atoms with Crippen molar-refractivity contribution in [1.29, 1.82) is 0 Å². The van der Waals surface area contributed by atoms with Gasteiger partial charge in [-0.3, -0.25) is 0 Å². The lowest BCUT2D eigenvalue weighted by molar-refractivity contribution is 0.242. The number of nitrogens with one attached hydrogen (secondary N) is 2. The molecule has 1 fully saturated rings. The van der Waals surface area contributed by atoms with Crippen LogP contribution in [-0.4, -0.2) is 60.2 Å². The molecule has 1 atom stereocenters. The first-order chi connectivity index (χ1) is 24.2. The lowest BCUT2D eigenvalue weighted by Gasteiger charge is -2.44. The highest BCUT2D eigenvalue weighted by molar-refractivity contribution is 7.10. The number of rotatable bonds is 11. The number of aromatic nitrogens is 4. The number of fused-ring (bicyclic) bond motifs is 1. The average Bonchev–Trinajstić information content (AvgIpc) is 3.76. The van der Waals surface area contributed by atoms with Crippen LogP contribution in [0.1, 0.15) is 38.4 Å². The van der Waals surface area contributed by atoms with Crippen molar-refractivity contribution in [3.05, 3.63) is 119 Å². The number of piperazine rings is 1. The second-order valence-corrected chi connectivity index (χ2v) is 19.0. The molecule has 8 nitrogen and oxygen atoms in total. The Morgan fingerprint density at radius 2 is 1.64 bits per heavy atom. The van der Waals surface area contributed by atoms with E-state index in [2.05, 4.69) is 116 Å². The van der Waals surface area contributed by atoms with Gasteiger partial charge in [-0.05, 0) is 58.2 Å². The van der Waals surface area contributed by atoms with Gasteiger partial charge in [0.2, 0.25) is 0 Å². The summed E-state index contributed by atoms with van der Waals surface area (Å²) in [5.41, 5.74) is 3.51. The Labute approximate surface area is 298 Å². The molecule has 0 aliphatic carbocycles. The normalized spacial score (nSPS) is 15.5. The molecule has 1 saturated heterocycles. The molecule has 0 unspecified atom stereocenters. The molecule has 7 rings (SSSR count). The number of halogens is 1. The molecule has 0 spiro atoms. The van der Waals surface area contributed by atoms with Crippen LogP contribution >= 0.6 is 11.3 Å². The van der Waals surface area contributed by atoms with E-state index in [0.717, 1.165) is 65.3 Å². The predicted molar refractivity (Wildman–Crippen MR) is 205 cm³/mol. The van der Waals surface area contributed by atoms with Gasteiger partial charge in [0.05, 0.1) is 24.5 Å². The summed E-state index contributed by atoms with van der Waals surface area (Å²) in [5.74, 6) is 1.53. The zero-order chi connectivity index (χ0) is 34.7. The summed E-state index contributed by atoms with van der Waals surface area (Å²) in [6, 6.07) is 32.3. The first-order valence-electron chi connectivity index (χ1n) is 17.3. The maximum atomic E-state index is 13.4. The Hall–Kier alpha value is -4.42. The Morgan fingerprint density at radius 3 is 2.30 bits per heavy atom. The van der Waals surface area contributed by atoms with Gasteiger partial charge in [0, 0.05) is 36.6 Å². The van der Waals surface area contributed by atoms with Crippen LogP contribution in [0.2, 0.25) is 5.04 Å². The van der Waals surface area contributed by atoms with Crippen LogP contribution in [-0.2, 0) is 17.4 Å². The second-order valence-electron chi connectivity index (χ2n) is 13.8. The van der Waals surface area contributed by atoms with Gasteiger partial charge in [-0.2, -0.15) is 4.52 Å². The van der Waals surface area contributed by atoms with Crippen molar-refractivity contribution in [1.82, 2.24) is 24.9 Å². The van der Waals surface area contributed by atoms with Gasteiger partial charge in [0.15, 0.2) is 11.5 Å². The maximum Gasteiger partial charge on any atom is 0.261 e. The van der Waals surface area contributed by atoms with Crippen molar-refractivity contribution >= 4 is 47.3 Å². The van der Waals surface area contributed by atoms with Crippen molar-refractivity contribution in [3.63, 3.8) is 0 Å². The minimum atomic E-state index is -2.65. The molecular formula is C39H44FN7OSSi. The molecule has 4 heterocycles.